The molecule has 9 heteroatoms. The smallest absolute Gasteiger partial charge is 0.223 e. The molecule has 3 N–H and O–H groups in total. The number of nitrogens with one attached hydrogen (secondary N) is 3. The molecule has 1 aliphatic heterocycles. The van der Waals surface area contributed by atoms with Gasteiger partial charge in [0.2, 0.25) is 17.7 Å². The number of hydrogen-bond donors (Lipinski definition) is 3. The Morgan fingerprint density at radius 1 is 1.08 bits per heavy atom. The van der Waals surface area contributed by atoms with Gasteiger partial charge in [-0.15, -0.1) is 0 Å². The number of para-hydroxylation sites is 1. The molecule has 2 amide bonds. The largest absolute Gasteiger partial charge is 0.480 e. The van der Waals surface area contributed by atoms with E-state index in [1.807, 2.05) is 30.3 Å². The molecule has 0 unspecified atom stereocenters. The number of benzene rings is 1. The Morgan fingerprint density at radius 2 is 1.89 bits per heavy atom. The first kappa shape index (κ1) is 27.6. The van der Waals surface area contributed by atoms with Gasteiger partial charge in [0.1, 0.15) is 5.82 Å². The molecule has 1 saturated heterocycles. The van der Waals surface area contributed by atoms with Crippen molar-refractivity contribution in [2.24, 2.45) is 0 Å². The minimum absolute atomic E-state index is 0.0360. The zero-order chi connectivity index (χ0) is 26.7. The highest BCUT2D eigenvalue weighted by Crippen LogP contribution is 2.31. The number of carbonyl (C=O) groups is 2. The summed E-state index contributed by atoms with van der Waals surface area (Å²) in [4.78, 5) is 39.6. The van der Waals surface area contributed by atoms with Crippen molar-refractivity contribution < 1.29 is 14.3 Å². The van der Waals surface area contributed by atoms with Crippen LogP contribution in [0.2, 0.25) is 0 Å². The molecule has 1 aliphatic rings. The van der Waals surface area contributed by atoms with E-state index in [-0.39, 0.29) is 17.9 Å². The molecular weight excluding hydrogens is 480 g/mol. The highest BCUT2D eigenvalue weighted by molar-refractivity contribution is 5.85. The van der Waals surface area contributed by atoms with Gasteiger partial charge in [0, 0.05) is 31.8 Å². The quantitative estimate of drug-likeness (QED) is 0.289. The Balaban J connectivity index is 1.46. The maximum Gasteiger partial charge on any atom is 0.223 e. The number of amides is 2. The highest BCUT2D eigenvalue weighted by atomic mass is 16.5. The number of unbranched alkanes of at least 4 members (excludes halogenated alkanes) is 2. The lowest BCUT2D eigenvalue weighted by Crippen LogP contribution is -2.35. The number of carbonyl (C=O) groups excluding carboxylic acids is 2. The maximum absolute atomic E-state index is 12.9. The van der Waals surface area contributed by atoms with Crippen LogP contribution in [0.3, 0.4) is 0 Å². The first-order valence-electron chi connectivity index (χ1n) is 13.8. The summed E-state index contributed by atoms with van der Waals surface area (Å²) in [7, 11) is 3.27. The molecule has 1 atom stereocenters. The average molecular weight is 521 g/mol. The van der Waals surface area contributed by atoms with E-state index in [1.54, 1.807) is 20.4 Å². The number of fused-ring (bicyclic) bond motifs is 1. The van der Waals surface area contributed by atoms with Crippen LogP contribution >= 0.6 is 0 Å². The number of methoxy groups -OCH3 is 1. The molecule has 3 aromatic rings. The molecule has 0 aliphatic carbocycles. The topological polar surface area (TPSA) is 112 Å². The average Bonchev–Trinajstić information content (AvgIpc) is 3.45. The summed E-state index contributed by atoms with van der Waals surface area (Å²) in [6, 6.07) is 9.72. The van der Waals surface area contributed by atoms with Crippen LogP contribution in [0, 0.1) is 0 Å². The Hall–Kier alpha value is -3.46. The van der Waals surface area contributed by atoms with Crippen LogP contribution in [0.1, 0.15) is 69.7 Å². The van der Waals surface area contributed by atoms with Crippen molar-refractivity contribution in [1.82, 2.24) is 30.5 Å². The fraction of sp³-hybridized carbons (Fsp3) is 0.517. The minimum Gasteiger partial charge on any atom is -0.480 e. The lowest BCUT2D eigenvalue weighted by atomic mass is 10.1. The molecule has 9 nitrogen and oxygen atoms in total. The van der Waals surface area contributed by atoms with Crippen molar-refractivity contribution in [2.75, 3.05) is 33.8 Å². The third kappa shape index (κ3) is 7.54. The molecule has 4 rings (SSSR count). The predicted octanol–water partition coefficient (Wildman–Crippen LogP) is 4.36. The second-order valence-corrected chi connectivity index (χ2v) is 9.96. The van der Waals surface area contributed by atoms with Crippen LogP contribution in [-0.2, 0) is 9.59 Å². The lowest BCUT2D eigenvalue weighted by Gasteiger charge is -2.26. The number of H-pyrrole nitrogens is 1. The maximum atomic E-state index is 12.9. The summed E-state index contributed by atoms with van der Waals surface area (Å²) in [6.45, 7) is 2.93. The van der Waals surface area contributed by atoms with E-state index in [0.29, 0.717) is 24.5 Å². The van der Waals surface area contributed by atoms with Crippen LogP contribution in [-0.4, -0.2) is 65.5 Å². The molecule has 38 heavy (non-hydrogen) atoms. The highest BCUT2D eigenvalue weighted by Gasteiger charge is 2.21. The van der Waals surface area contributed by atoms with Gasteiger partial charge in [-0.3, -0.25) is 9.59 Å². The number of aromatic nitrogens is 3. The number of nitrogens with zero attached hydrogens (tertiary/aromatic N) is 3. The van der Waals surface area contributed by atoms with Crippen molar-refractivity contribution in [3.8, 4) is 17.1 Å². The number of ether oxygens (including phenoxy) is 1. The molecule has 2 aromatic heterocycles. The summed E-state index contributed by atoms with van der Waals surface area (Å²) in [5.74, 6) is 1.33. The number of pyridine rings is 1. The Bertz CT molecular complexity index is 1200. The fourth-order valence-corrected chi connectivity index (χ4v) is 5.02. The van der Waals surface area contributed by atoms with E-state index in [4.69, 9.17) is 4.74 Å². The van der Waals surface area contributed by atoms with E-state index in [0.717, 1.165) is 67.5 Å². The fourth-order valence-electron chi connectivity index (χ4n) is 5.02. The van der Waals surface area contributed by atoms with E-state index in [1.165, 1.54) is 19.3 Å². The summed E-state index contributed by atoms with van der Waals surface area (Å²) in [5, 5.41) is 6.90. The number of rotatable bonds is 13. The SMILES string of the molecule is CNC(=O)CCCCC[C@H](NC(=O)CCN1CCCCC1)c1ncc(-c2cc3ccccc3nc2OC)[nH]1. The molecule has 1 aromatic carbocycles. The Kier molecular flexibility index (Phi) is 10.1. The van der Waals surface area contributed by atoms with E-state index >= 15 is 0 Å². The van der Waals surface area contributed by atoms with E-state index in [9.17, 15) is 9.59 Å². The van der Waals surface area contributed by atoms with Crippen molar-refractivity contribution >= 4 is 22.7 Å². The molecule has 3 heterocycles. The Morgan fingerprint density at radius 3 is 2.68 bits per heavy atom. The number of piperidine rings is 1. The zero-order valence-electron chi connectivity index (χ0n) is 22.6. The molecule has 0 radical (unpaired) electrons. The van der Waals surface area contributed by atoms with Crippen LogP contribution < -0.4 is 15.4 Å². The van der Waals surface area contributed by atoms with Crippen molar-refractivity contribution in [1.29, 1.82) is 0 Å². The summed E-state index contributed by atoms with van der Waals surface area (Å²) >= 11 is 0. The third-order valence-electron chi connectivity index (χ3n) is 7.21. The summed E-state index contributed by atoms with van der Waals surface area (Å²) in [6.07, 6.45) is 9.82. The van der Waals surface area contributed by atoms with Gasteiger partial charge < -0.3 is 25.3 Å². The van der Waals surface area contributed by atoms with E-state index in [2.05, 4.69) is 30.5 Å². The lowest BCUT2D eigenvalue weighted by molar-refractivity contribution is -0.122. The monoisotopic (exact) mass is 520 g/mol. The zero-order valence-corrected chi connectivity index (χ0v) is 22.6. The van der Waals surface area contributed by atoms with E-state index < -0.39 is 0 Å². The first-order chi connectivity index (χ1) is 18.6. The number of hydrogen-bond acceptors (Lipinski definition) is 6. The minimum atomic E-state index is -0.239. The van der Waals surface area contributed by atoms with Crippen LogP contribution in [0.5, 0.6) is 5.88 Å². The normalized spacial score (nSPS) is 14.8. The summed E-state index contributed by atoms with van der Waals surface area (Å²) < 4.78 is 5.59. The number of likely N-dealkylation sites (tertiary alicyclic amines) is 1. The predicted molar refractivity (Wildman–Crippen MR) is 149 cm³/mol. The van der Waals surface area contributed by atoms with Crippen LogP contribution in [0.25, 0.3) is 22.2 Å². The molecule has 0 spiro atoms. The second-order valence-electron chi connectivity index (χ2n) is 9.96. The van der Waals surface area contributed by atoms with Gasteiger partial charge >= 0.3 is 0 Å². The standard InChI is InChI=1S/C29H40N6O3/c1-30-26(36)14-6-3-5-13-24(32-27(37)15-18-35-16-9-4-10-17-35)28-31-20-25(33-28)22-19-21-11-7-8-12-23(21)34-29(22)38-2/h7-8,11-12,19-20,24H,3-6,9-10,13-18H2,1-2H3,(H,30,36)(H,31,33)(H,32,37)/t24-/m0/s1. The third-order valence-corrected chi connectivity index (χ3v) is 7.21. The molecular formula is C29H40N6O3. The van der Waals surface area contributed by atoms with Crippen molar-refractivity contribution in [3.05, 3.63) is 42.4 Å². The molecule has 1 fully saturated rings. The van der Waals surface area contributed by atoms with Gasteiger partial charge in [0.15, 0.2) is 0 Å². The van der Waals surface area contributed by atoms with Gasteiger partial charge in [-0.1, -0.05) is 37.5 Å². The molecule has 0 bridgehead atoms. The molecule has 0 saturated carbocycles. The van der Waals surface area contributed by atoms with Crippen LogP contribution in [0.15, 0.2) is 36.5 Å². The van der Waals surface area contributed by atoms with Gasteiger partial charge in [-0.2, -0.15) is 0 Å². The van der Waals surface area contributed by atoms with Gasteiger partial charge in [-0.25, -0.2) is 9.97 Å². The van der Waals surface area contributed by atoms with Crippen molar-refractivity contribution in [3.63, 3.8) is 0 Å². The molecule has 204 valence electrons. The first-order valence-corrected chi connectivity index (χ1v) is 13.8. The van der Waals surface area contributed by atoms with Gasteiger partial charge in [0.25, 0.3) is 0 Å². The van der Waals surface area contributed by atoms with Crippen molar-refractivity contribution in [2.45, 2.75) is 63.8 Å². The van der Waals surface area contributed by atoms with Gasteiger partial charge in [-0.05, 0) is 50.9 Å². The number of aromatic amines is 1. The number of imidazole rings is 1. The summed E-state index contributed by atoms with van der Waals surface area (Å²) in [5.41, 5.74) is 2.48. The Labute approximate surface area is 224 Å². The van der Waals surface area contributed by atoms with Crippen LogP contribution in [0.4, 0.5) is 0 Å². The second kappa shape index (κ2) is 13.9. The van der Waals surface area contributed by atoms with Gasteiger partial charge in [0.05, 0.1) is 36.1 Å².